The number of thioether (sulfide) groups is 1. The minimum atomic E-state index is 0.0560. The molecule has 5 heteroatoms. The Morgan fingerprint density at radius 1 is 1.47 bits per heavy atom. The average molecular weight is 291 g/mol. The summed E-state index contributed by atoms with van der Waals surface area (Å²) in [6.45, 7) is 1.25. The first kappa shape index (κ1) is 13.2. The predicted molar refractivity (Wildman–Crippen MR) is 71.1 cm³/mol. The van der Waals surface area contributed by atoms with Crippen molar-refractivity contribution in [3.8, 4) is 0 Å². The second-order valence-corrected chi connectivity index (χ2v) is 5.75. The molecule has 1 heterocycles. The highest BCUT2D eigenvalue weighted by molar-refractivity contribution is 8.00. The number of carbonyl (C=O) groups is 1. The van der Waals surface area contributed by atoms with Gasteiger partial charge in [0.05, 0.1) is 17.4 Å². The minimum Gasteiger partial charge on any atom is -0.381 e. The summed E-state index contributed by atoms with van der Waals surface area (Å²) >= 11 is 13.3. The number of hydrogen-bond donors (Lipinski definition) is 0. The summed E-state index contributed by atoms with van der Waals surface area (Å²) in [5.74, 6) is 0.706. The lowest BCUT2D eigenvalue weighted by atomic mass is 10.1. The number of ether oxygens (including phenoxy) is 1. The van der Waals surface area contributed by atoms with Crippen molar-refractivity contribution in [1.82, 2.24) is 0 Å². The van der Waals surface area contributed by atoms with Crippen LogP contribution < -0.4 is 0 Å². The fourth-order valence-corrected chi connectivity index (χ4v) is 3.11. The van der Waals surface area contributed by atoms with Gasteiger partial charge in [-0.2, -0.15) is 0 Å². The van der Waals surface area contributed by atoms with Crippen molar-refractivity contribution >= 4 is 40.7 Å². The van der Waals surface area contributed by atoms with Gasteiger partial charge in [-0.05, 0) is 24.6 Å². The number of benzene rings is 1. The van der Waals surface area contributed by atoms with Crippen LogP contribution >= 0.6 is 35.0 Å². The van der Waals surface area contributed by atoms with Crippen molar-refractivity contribution in [2.75, 3.05) is 19.0 Å². The smallest absolute Gasteiger partial charge is 0.148 e. The van der Waals surface area contributed by atoms with E-state index in [4.69, 9.17) is 27.9 Å². The standard InChI is InChI=1S/C12H12Cl2O2S/c13-9-1-2-10(14)12(5-9)17-7-11(15)8-3-4-16-6-8/h1-2,5,8H,3-4,6-7H2. The van der Waals surface area contributed by atoms with Crippen LogP contribution in [-0.2, 0) is 9.53 Å². The van der Waals surface area contributed by atoms with Gasteiger partial charge in [0.15, 0.2) is 0 Å². The number of rotatable bonds is 4. The monoisotopic (exact) mass is 290 g/mol. The van der Waals surface area contributed by atoms with Gasteiger partial charge >= 0.3 is 0 Å². The molecule has 0 aromatic heterocycles. The van der Waals surface area contributed by atoms with E-state index in [2.05, 4.69) is 0 Å². The van der Waals surface area contributed by atoms with Crippen LogP contribution in [0.25, 0.3) is 0 Å². The molecule has 92 valence electrons. The van der Waals surface area contributed by atoms with Crippen molar-refractivity contribution in [1.29, 1.82) is 0 Å². The summed E-state index contributed by atoms with van der Waals surface area (Å²) in [5.41, 5.74) is 0. The van der Waals surface area contributed by atoms with Gasteiger partial charge in [-0.25, -0.2) is 0 Å². The molecule has 17 heavy (non-hydrogen) atoms. The third-order valence-corrected chi connectivity index (χ3v) is 4.40. The summed E-state index contributed by atoms with van der Waals surface area (Å²) in [6, 6.07) is 5.27. The quantitative estimate of drug-likeness (QED) is 0.791. The second-order valence-electron chi connectivity index (χ2n) is 3.89. The second kappa shape index (κ2) is 6.10. The van der Waals surface area contributed by atoms with Crippen LogP contribution in [0.15, 0.2) is 23.1 Å². The Balaban J connectivity index is 1.92. The van der Waals surface area contributed by atoms with Crippen LogP contribution in [0.4, 0.5) is 0 Å². The van der Waals surface area contributed by atoms with E-state index in [1.807, 2.05) is 0 Å². The molecule has 0 spiro atoms. The molecular weight excluding hydrogens is 279 g/mol. The van der Waals surface area contributed by atoms with Gasteiger partial charge in [0.2, 0.25) is 0 Å². The summed E-state index contributed by atoms with van der Waals surface area (Å²) in [5, 5.41) is 1.27. The Bertz CT molecular complexity index is 417. The fourth-order valence-electron chi connectivity index (χ4n) is 1.64. The highest BCUT2D eigenvalue weighted by Crippen LogP contribution is 2.30. The third kappa shape index (κ3) is 3.62. The molecule has 0 bridgehead atoms. The van der Waals surface area contributed by atoms with Gasteiger partial charge in [0, 0.05) is 22.4 Å². The lowest BCUT2D eigenvalue weighted by Crippen LogP contribution is -2.16. The maximum absolute atomic E-state index is 11.8. The van der Waals surface area contributed by atoms with Crippen molar-refractivity contribution in [3.63, 3.8) is 0 Å². The normalized spacial score (nSPS) is 19.5. The van der Waals surface area contributed by atoms with Crippen LogP contribution in [0.2, 0.25) is 10.0 Å². The predicted octanol–water partition coefficient (Wildman–Crippen LogP) is 3.69. The van der Waals surface area contributed by atoms with E-state index >= 15 is 0 Å². The molecule has 1 unspecified atom stereocenters. The number of Topliss-reactive ketones (excluding diaryl/α,β-unsaturated/α-hetero) is 1. The van der Waals surface area contributed by atoms with E-state index in [0.29, 0.717) is 29.0 Å². The summed E-state index contributed by atoms with van der Waals surface area (Å²) < 4.78 is 5.20. The van der Waals surface area contributed by atoms with Crippen LogP contribution in [0.3, 0.4) is 0 Å². The van der Waals surface area contributed by atoms with E-state index < -0.39 is 0 Å². The molecule has 1 aromatic carbocycles. The molecule has 1 aliphatic rings. The number of halogens is 2. The van der Waals surface area contributed by atoms with Crippen molar-refractivity contribution in [3.05, 3.63) is 28.2 Å². The zero-order chi connectivity index (χ0) is 12.3. The zero-order valence-electron chi connectivity index (χ0n) is 9.12. The lowest BCUT2D eigenvalue weighted by Gasteiger charge is -2.07. The fraction of sp³-hybridized carbons (Fsp3) is 0.417. The van der Waals surface area contributed by atoms with Crippen LogP contribution in [-0.4, -0.2) is 24.7 Å². The van der Waals surface area contributed by atoms with Crippen molar-refractivity contribution in [2.24, 2.45) is 5.92 Å². The van der Waals surface area contributed by atoms with E-state index in [1.165, 1.54) is 11.8 Å². The first-order valence-electron chi connectivity index (χ1n) is 5.35. The Morgan fingerprint density at radius 3 is 3.00 bits per heavy atom. The SMILES string of the molecule is O=C(CSc1cc(Cl)ccc1Cl)C1CCOC1. The first-order valence-corrected chi connectivity index (χ1v) is 7.09. The Hall–Kier alpha value is -0.220. The maximum atomic E-state index is 11.8. The van der Waals surface area contributed by atoms with Crippen LogP contribution in [0, 0.1) is 5.92 Å². The summed E-state index contributed by atoms with van der Waals surface area (Å²) in [4.78, 5) is 12.7. The molecule has 0 amide bonds. The zero-order valence-corrected chi connectivity index (χ0v) is 11.4. The molecule has 1 fully saturated rings. The molecule has 0 saturated carbocycles. The van der Waals surface area contributed by atoms with E-state index in [0.717, 1.165) is 11.3 Å². The summed E-state index contributed by atoms with van der Waals surface area (Å²) in [7, 11) is 0. The van der Waals surface area contributed by atoms with Gasteiger partial charge in [0.25, 0.3) is 0 Å². The molecule has 1 atom stereocenters. The summed E-state index contributed by atoms with van der Waals surface area (Å²) in [6.07, 6.45) is 0.836. The van der Waals surface area contributed by atoms with Crippen molar-refractivity contribution in [2.45, 2.75) is 11.3 Å². The number of ketones is 1. The van der Waals surface area contributed by atoms with Gasteiger partial charge in [-0.1, -0.05) is 23.2 Å². The van der Waals surface area contributed by atoms with Gasteiger partial charge in [-0.15, -0.1) is 11.8 Å². The van der Waals surface area contributed by atoms with Gasteiger partial charge in [0.1, 0.15) is 5.78 Å². The highest BCUT2D eigenvalue weighted by atomic mass is 35.5. The van der Waals surface area contributed by atoms with E-state index in [9.17, 15) is 4.79 Å². The molecule has 2 rings (SSSR count). The molecule has 0 N–H and O–H groups in total. The van der Waals surface area contributed by atoms with Crippen molar-refractivity contribution < 1.29 is 9.53 Å². The Labute approximate surface area is 115 Å². The number of carbonyl (C=O) groups excluding carboxylic acids is 1. The lowest BCUT2D eigenvalue weighted by molar-refractivity contribution is -0.120. The molecule has 1 aliphatic heterocycles. The molecule has 0 aliphatic carbocycles. The number of hydrogen-bond acceptors (Lipinski definition) is 3. The largest absolute Gasteiger partial charge is 0.381 e. The maximum Gasteiger partial charge on any atom is 0.148 e. The van der Waals surface area contributed by atoms with Gasteiger partial charge in [-0.3, -0.25) is 4.79 Å². The van der Waals surface area contributed by atoms with Crippen LogP contribution in [0.5, 0.6) is 0 Å². The van der Waals surface area contributed by atoms with Gasteiger partial charge < -0.3 is 4.74 Å². The highest BCUT2D eigenvalue weighted by Gasteiger charge is 2.23. The first-order chi connectivity index (χ1) is 8.16. The average Bonchev–Trinajstić information content (AvgIpc) is 2.83. The molecule has 0 radical (unpaired) electrons. The molecular formula is C12H12Cl2O2S. The van der Waals surface area contributed by atoms with Crippen LogP contribution in [0.1, 0.15) is 6.42 Å². The van der Waals surface area contributed by atoms with E-state index in [1.54, 1.807) is 18.2 Å². The molecule has 1 saturated heterocycles. The molecule has 2 nitrogen and oxygen atoms in total. The van der Waals surface area contributed by atoms with E-state index in [-0.39, 0.29) is 11.7 Å². The third-order valence-electron chi connectivity index (χ3n) is 2.65. The minimum absolute atomic E-state index is 0.0560. The Kier molecular flexibility index (Phi) is 4.74. The topological polar surface area (TPSA) is 26.3 Å². The Morgan fingerprint density at radius 2 is 2.29 bits per heavy atom. The molecule has 1 aromatic rings.